The molecule has 0 aliphatic rings. The average molecular weight is 429 g/mol. The van der Waals surface area contributed by atoms with E-state index < -0.39 is 0 Å². The summed E-state index contributed by atoms with van der Waals surface area (Å²) >= 11 is 2.21. The number of nitrogens with one attached hydrogen (secondary N) is 1. The first-order valence-electron chi connectivity index (χ1n) is 7.55. The smallest absolute Gasteiger partial charge is 0.256 e. The van der Waals surface area contributed by atoms with Crippen molar-refractivity contribution < 1.29 is 9.53 Å². The highest BCUT2D eigenvalue weighted by molar-refractivity contribution is 14.1. The van der Waals surface area contributed by atoms with Gasteiger partial charge in [0.2, 0.25) is 0 Å². The summed E-state index contributed by atoms with van der Waals surface area (Å²) in [6, 6.07) is 24.8. The molecular weight excluding hydrogens is 413 g/mol. The molecule has 0 aliphatic heterocycles. The molecule has 3 aromatic carbocycles. The predicted molar refractivity (Wildman–Crippen MR) is 104 cm³/mol. The number of halogens is 1. The summed E-state index contributed by atoms with van der Waals surface area (Å²) in [5.74, 6) is 0.650. The molecule has 120 valence electrons. The van der Waals surface area contributed by atoms with E-state index in [1.54, 1.807) is 0 Å². The second kappa shape index (κ2) is 7.97. The first-order chi connectivity index (χ1) is 11.7. The number of hydrogen-bond donors (Lipinski definition) is 1. The van der Waals surface area contributed by atoms with E-state index in [0.717, 1.165) is 20.6 Å². The lowest BCUT2D eigenvalue weighted by atomic mass is 10.1. The van der Waals surface area contributed by atoms with Crippen LogP contribution in [0.2, 0.25) is 0 Å². The molecule has 0 atom stereocenters. The maximum atomic E-state index is 12.6. The molecule has 1 amide bonds. The second-order valence-electron chi connectivity index (χ2n) is 5.19. The number of hydrogen-bond acceptors (Lipinski definition) is 2. The van der Waals surface area contributed by atoms with E-state index in [-0.39, 0.29) is 5.91 Å². The van der Waals surface area contributed by atoms with E-state index in [2.05, 4.69) is 27.9 Å². The van der Waals surface area contributed by atoms with Crippen LogP contribution in [0.3, 0.4) is 0 Å². The Morgan fingerprint density at radius 3 is 2.33 bits per heavy atom. The zero-order valence-corrected chi connectivity index (χ0v) is 15.1. The fraction of sp³-hybridized carbons (Fsp3) is 0.0500. The summed E-state index contributed by atoms with van der Waals surface area (Å²) in [5.41, 5.74) is 2.28. The van der Waals surface area contributed by atoms with Crippen molar-refractivity contribution >= 4 is 34.2 Å². The summed E-state index contributed by atoms with van der Waals surface area (Å²) in [7, 11) is 0. The quantitative estimate of drug-likeness (QED) is 0.572. The van der Waals surface area contributed by atoms with Crippen LogP contribution >= 0.6 is 22.6 Å². The van der Waals surface area contributed by atoms with Crippen LogP contribution in [0.15, 0.2) is 78.9 Å². The van der Waals surface area contributed by atoms with Crippen LogP contribution in [0.1, 0.15) is 15.9 Å². The van der Waals surface area contributed by atoms with Crippen molar-refractivity contribution in [3.63, 3.8) is 0 Å². The van der Waals surface area contributed by atoms with Crippen molar-refractivity contribution in [1.29, 1.82) is 0 Å². The van der Waals surface area contributed by atoms with Crippen molar-refractivity contribution in [3.8, 4) is 5.75 Å². The van der Waals surface area contributed by atoms with E-state index in [0.29, 0.717) is 12.2 Å². The molecule has 0 radical (unpaired) electrons. The van der Waals surface area contributed by atoms with E-state index in [1.165, 1.54) is 0 Å². The minimum absolute atomic E-state index is 0.133. The molecule has 0 aromatic heterocycles. The molecule has 0 heterocycles. The van der Waals surface area contributed by atoms with Gasteiger partial charge in [0.25, 0.3) is 5.91 Å². The number of anilines is 1. The molecule has 0 aliphatic carbocycles. The molecule has 3 aromatic rings. The molecule has 3 nitrogen and oxygen atoms in total. The van der Waals surface area contributed by atoms with Crippen LogP contribution < -0.4 is 10.1 Å². The van der Waals surface area contributed by atoms with Gasteiger partial charge in [-0.25, -0.2) is 0 Å². The number of ether oxygens (including phenoxy) is 1. The standard InChI is InChI=1S/C20H16INO2/c21-18-12-6-7-13-19(18)22-20(23)17-11-5-4-8-15(17)14-24-16-9-2-1-3-10-16/h1-13H,14H2,(H,22,23). The van der Waals surface area contributed by atoms with Crippen LogP contribution in [0.4, 0.5) is 5.69 Å². The summed E-state index contributed by atoms with van der Waals surface area (Å²) < 4.78 is 6.78. The lowest BCUT2D eigenvalue weighted by Gasteiger charge is -2.12. The largest absolute Gasteiger partial charge is 0.489 e. The highest BCUT2D eigenvalue weighted by Crippen LogP contribution is 2.20. The van der Waals surface area contributed by atoms with E-state index >= 15 is 0 Å². The van der Waals surface area contributed by atoms with Gasteiger partial charge < -0.3 is 10.1 Å². The van der Waals surface area contributed by atoms with Crippen LogP contribution in [0, 0.1) is 3.57 Å². The maximum absolute atomic E-state index is 12.6. The molecular formula is C20H16INO2. The lowest BCUT2D eigenvalue weighted by molar-refractivity contribution is 0.102. The van der Waals surface area contributed by atoms with Crippen molar-refractivity contribution in [1.82, 2.24) is 0 Å². The van der Waals surface area contributed by atoms with Crippen molar-refractivity contribution in [3.05, 3.63) is 93.6 Å². The molecule has 0 fully saturated rings. The number of rotatable bonds is 5. The van der Waals surface area contributed by atoms with Gasteiger partial charge >= 0.3 is 0 Å². The summed E-state index contributed by atoms with van der Waals surface area (Å²) in [6.07, 6.45) is 0. The third-order valence-corrected chi connectivity index (χ3v) is 4.46. The molecule has 3 rings (SSSR count). The highest BCUT2D eigenvalue weighted by Gasteiger charge is 2.12. The summed E-state index contributed by atoms with van der Waals surface area (Å²) in [6.45, 7) is 0.347. The minimum Gasteiger partial charge on any atom is -0.489 e. The van der Waals surface area contributed by atoms with Crippen molar-refractivity contribution in [2.45, 2.75) is 6.61 Å². The molecule has 0 saturated heterocycles. The van der Waals surface area contributed by atoms with Gasteiger partial charge in [-0.15, -0.1) is 0 Å². The zero-order valence-electron chi connectivity index (χ0n) is 12.9. The van der Waals surface area contributed by atoms with Crippen LogP contribution in [-0.4, -0.2) is 5.91 Å². The van der Waals surface area contributed by atoms with Crippen molar-refractivity contribution in [2.75, 3.05) is 5.32 Å². The Bertz CT molecular complexity index is 834. The Morgan fingerprint density at radius 1 is 0.875 bits per heavy atom. The van der Waals surface area contributed by atoms with E-state index in [1.807, 2.05) is 78.9 Å². The Hall–Kier alpha value is -2.34. The number of carbonyl (C=O) groups excluding carboxylic acids is 1. The average Bonchev–Trinajstić information content (AvgIpc) is 2.63. The Kier molecular flexibility index (Phi) is 5.48. The van der Waals surface area contributed by atoms with Crippen LogP contribution in [0.25, 0.3) is 0 Å². The van der Waals surface area contributed by atoms with Crippen LogP contribution in [-0.2, 0) is 6.61 Å². The lowest BCUT2D eigenvalue weighted by Crippen LogP contribution is -2.15. The Balaban J connectivity index is 1.76. The first kappa shape index (κ1) is 16.5. The number of carbonyl (C=O) groups is 1. The van der Waals surface area contributed by atoms with Gasteiger partial charge in [-0.1, -0.05) is 48.5 Å². The fourth-order valence-electron chi connectivity index (χ4n) is 2.30. The highest BCUT2D eigenvalue weighted by atomic mass is 127. The van der Waals surface area contributed by atoms with Gasteiger partial charge in [0, 0.05) is 14.7 Å². The SMILES string of the molecule is O=C(Nc1ccccc1I)c1ccccc1COc1ccccc1. The monoisotopic (exact) mass is 429 g/mol. The summed E-state index contributed by atoms with van der Waals surface area (Å²) in [5, 5.41) is 2.96. The second-order valence-corrected chi connectivity index (χ2v) is 6.36. The summed E-state index contributed by atoms with van der Waals surface area (Å²) in [4.78, 5) is 12.6. The molecule has 4 heteroatoms. The van der Waals surface area contributed by atoms with Gasteiger partial charge in [0.1, 0.15) is 12.4 Å². The zero-order chi connectivity index (χ0) is 16.8. The van der Waals surface area contributed by atoms with Gasteiger partial charge in [-0.3, -0.25) is 4.79 Å². The third kappa shape index (κ3) is 4.14. The number of amides is 1. The van der Waals surface area contributed by atoms with Gasteiger partial charge in [-0.05, 0) is 52.9 Å². The third-order valence-electron chi connectivity index (χ3n) is 3.52. The first-order valence-corrected chi connectivity index (χ1v) is 8.63. The Labute approximate surface area is 154 Å². The van der Waals surface area contributed by atoms with E-state index in [4.69, 9.17) is 4.74 Å². The van der Waals surface area contributed by atoms with Gasteiger partial charge in [0.05, 0.1) is 5.69 Å². The topological polar surface area (TPSA) is 38.3 Å². The number of benzene rings is 3. The minimum atomic E-state index is -0.133. The normalized spacial score (nSPS) is 10.2. The van der Waals surface area contributed by atoms with Gasteiger partial charge in [0.15, 0.2) is 0 Å². The van der Waals surface area contributed by atoms with Crippen molar-refractivity contribution in [2.24, 2.45) is 0 Å². The fourth-order valence-corrected chi connectivity index (χ4v) is 2.82. The molecule has 1 N–H and O–H groups in total. The Morgan fingerprint density at radius 2 is 1.54 bits per heavy atom. The van der Waals surface area contributed by atoms with E-state index in [9.17, 15) is 4.79 Å². The van der Waals surface area contributed by atoms with Gasteiger partial charge in [-0.2, -0.15) is 0 Å². The van der Waals surface area contributed by atoms with Crippen LogP contribution in [0.5, 0.6) is 5.75 Å². The molecule has 0 unspecified atom stereocenters. The maximum Gasteiger partial charge on any atom is 0.256 e. The number of para-hydroxylation sites is 2. The molecule has 0 saturated carbocycles. The predicted octanol–water partition coefficient (Wildman–Crippen LogP) is 5.12. The molecule has 24 heavy (non-hydrogen) atoms. The molecule has 0 bridgehead atoms. The molecule has 0 spiro atoms.